The third kappa shape index (κ3) is 31.1. The molecule has 0 saturated carbocycles. The zero-order valence-corrected chi connectivity index (χ0v) is 57.1. The molecular weight excluding hydrogens is 1220 g/mol. The molecule has 0 bridgehead atoms. The number of carbonyl (C=O) groups excluding carboxylic acids is 4. The molecule has 31 heteroatoms. The van der Waals surface area contributed by atoms with Crippen molar-refractivity contribution in [3.05, 3.63) is 45.5 Å². The first-order chi connectivity index (χ1) is 38.9. The lowest BCUT2D eigenvalue weighted by Gasteiger charge is -2.35. The first-order valence-electron chi connectivity index (χ1n) is 27.2. The number of phosphoric acid groups is 1. The Morgan fingerprint density at radius 2 is 1.08 bits per heavy atom. The van der Waals surface area contributed by atoms with Crippen LogP contribution in [0.5, 0.6) is 0 Å². The quantitative estimate of drug-likeness (QED) is 0.0364. The van der Waals surface area contributed by atoms with Crippen molar-refractivity contribution in [3.8, 4) is 0 Å². The molecule has 4 rings (SSSR count). The fraction of sp³-hybridized carbons (Fsp3) is 0.759. The molecule has 4 atom stereocenters. The number of hydrogen-bond donors (Lipinski definition) is 2. The van der Waals surface area contributed by atoms with Gasteiger partial charge in [-0.2, -0.15) is 9.97 Å². The molecular formula is C54H96N8O17P2S4. The third-order valence-electron chi connectivity index (χ3n) is 10.6. The summed E-state index contributed by atoms with van der Waals surface area (Å²) >= 11 is 4.75. The van der Waals surface area contributed by atoms with Gasteiger partial charge >= 0.3 is 19.2 Å². The molecule has 2 aromatic rings. The lowest BCUT2D eigenvalue weighted by atomic mass is 9.99. The van der Waals surface area contributed by atoms with Crippen molar-refractivity contribution in [2.24, 2.45) is 26.7 Å². The lowest BCUT2D eigenvalue weighted by molar-refractivity contribution is -0.118. The Morgan fingerprint density at radius 1 is 0.694 bits per heavy atom. The average Bonchev–Trinajstić information content (AvgIpc) is 4.30. The molecule has 488 valence electrons. The maximum atomic E-state index is 13.3. The van der Waals surface area contributed by atoms with Crippen molar-refractivity contribution >= 4 is 102 Å². The third-order valence-corrected chi connectivity index (χ3v) is 19.1. The second-order valence-corrected chi connectivity index (χ2v) is 30.9. The largest absolute Gasteiger partial charge is 0.475 e. The van der Waals surface area contributed by atoms with Crippen LogP contribution in [0.3, 0.4) is 0 Å². The van der Waals surface area contributed by atoms with Gasteiger partial charge in [-0.05, 0) is 39.8 Å². The first kappa shape index (κ1) is 80.3. The fourth-order valence-electron chi connectivity index (χ4n) is 6.22. The second kappa shape index (κ2) is 38.1. The summed E-state index contributed by atoms with van der Waals surface area (Å²) in [7, 11) is -1.68. The van der Waals surface area contributed by atoms with Gasteiger partial charge in [0.1, 0.15) is 12.4 Å². The molecule has 0 amide bonds. The number of hydrogen-bond acceptors (Lipinski definition) is 26. The Labute approximate surface area is 521 Å². The van der Waals surface area contributed by atoms with E-state index in [0.29, 0.717) is 30.5 Å². The van der Waals surface area contributed by atoms with E-state index in [1.165, 1.54) is 44.9 Å². The average molecular weight is 1320 g/mol. The maximum Gasteiger partial charge on any atom is 0.475 e. The summed E-state index contributed by atoms with van der Waals surface area (Å²) < 4.78 is 68.0. The number of rotatable bonds is 27. The van der Waals surface area contributed by atoms with Gasteiger partial charge in [0.15, 0.2) is 51.3 Å². The molecule has 0 radical (unpaired) electrons. The normalized spacial score (nSPS) is 17.7. The van der Waals surface area contributed by atoms with Crippen LogP contribution in [0.1, 0.15) is 131 Å². The van der Waals surface area contributed by atoms with E-state index in [0.717, 1.165) is 23.5 Å². The van der Waals surface area contributed by atoms with Crippen LogP contribution >= 0.6 is 63.4 Å². The number of aliphatic imine (C=N–C) groups is 1. The highest BCUT2D eigenvalue weighted by atomic mass is 32.2. The highest BCUT2D eigenvalue weighted by molar-refractivity contribution is 8.14. The fourth-order valence-corrected chi connectivity index (χ4v) is 12.6. The van der Waals surface area contributed by atoms with Gasteiger partial charge in [0, 0.05) is 83.2 Å². The van der Waals surface area contributed by atoms with Crippen LogP contribution in [0, 0.1) is 21.7 Å². The molecule has 0 aromatic carbocycles. The minimum atomic E-state index is -4.09. The number of carbonyl (C=O) groups is 4. The van der Waals surface area contributed by atoms with E-state index in [1.807, 2.05) is 55.6 Å². The number of nitrogen functional groups attached to an aromatic ring is 1. The summed E-state index contributed by atoms with van der Waals surface area (Å²) in [5, 5.41) is 9.17. The monoisotopic (exact) mass is 1320 g/mol. The van der Waals surface area contributed by atoms with Gasteiger partial charge < -0.3 is 43.7 Å². The maximum absolute atomic E-state index is 13.3. The van der Waals surface area contributed by atoms with Crippen LogP contribution in [0.4, 0.5) is 11.6 Å². The molecule has 2 aliphatic rings. The van der Waals surface area contributed by atoms with Crippen LogP contribution in [0.25, 0.3) is 0 Å². The Balaban J connectivity index is 0.000000667. The van der Waals surface area contributed by atoms with E-state index in [9.17, 15) is 33.3 Å². The molecule has 0 spiro atoms. The number of nitrogens with two attached hydrogens (primary N) is 1. The van der Waals surface area contributed by atoms with Crippen molar-refractivity contribution in [1.82, 2.24) is 28.7 Å². The minimum Gasteiger partial charge on any atom is -0.391 e. The highest BCUT2D eigenvalue weighted by Crippen LogP contribution is 2.50. The van der Waals surface area contributed by atoms with Crippen molar-refractivity contribution in [2.75, 3.05) is 95.7 Å². The predicted octanol–water partition coefficient (Wildman–Crippen LogP) is 9.41. The van der Waals surface area contributed by atoms with Crippen LogP contribution in [0.15, 0.2) is 39.1 Å². The molecule has 2 fully saturated rings. The number of anilines is 1. The molecule has 2 saturated heterocycles. The summed E-state index contributed by atoms with van der Waals surface area (Å²) in [6.07, 6.45) is 1.56. The zero-order valence-electron chi connectivity index (χ0n) is 52.1. The summed E-state index contributed by atoms with van der Waals surface area (Å²) in [5.74, 6) is 2.12. The number of aliphatic hydroxyl groups excluding tert-OH is 1. The van der Waals surface area contributed by atoms with Gasteiger partial charge in [0.05, 0.1) is 52.6 Å². The number of nitrogens with zero attached hydrogens (tertiary/aromatic N) is 7. The molecule has 2 aliphatic heterocycles. The van der Waals surface area contributed by atoms with Crippen molar-refractivity contribution < 1.29 is 70.4 Å². The van der Waals surface area contributed by atoms with E-state index < -0.39 is 63.6 Å². The number of aliphatic hydroxyl groups is 1. The Kier molecular flexibility index (Phi) is 36.0. The Hall–Kier alpha value is -2.67. The van der Waals surface area contributed by atoms with Crippen LogP contribution in [-0.2, 0) is 65.3 Å². The van der Waals surface area contributed by atoms with Crippen LogP contribution < -0.4 is 17.1 Å². The topological polar surface area (TPSA) is 303 Å². The van der Waals surface area contributed by atoms with Crippen LogP contribution in [0.2, 0.25) is 0 Å². The van der Waals surface area contributed by atoms with Crippen molar-refractivity contribution in [1.29, 1.82) is 0 Å². The Morgan fingerprint density at radius 3 is 1.45 bits per heavy atom. The molecule has 0 unspecified atom stereocenters. The molecule has 25 nitrogen and oxygen atoms in total. The number of ether oxygens (including phenoxy) is 4. The summed E-state index contributed by atoms with van der Waals surface area (Å²) in [4.78, 5) is 85.4. The summed E-state index contributed by atoms with van der Waals surface area (Å²) in [6, 6.07) is 3.62. The van der Waals surface area contributed by atoms with Gasteiger partial charge in [0.25, 0.3) is 8.53 Å². The predicted molar refractivity (Wildman–Crippen MR) is 341 cm³/mol. The van der Waals surface area contributed by atoms with Crippen molar-refractivity contribution in [3.63, 3.8) is 0 Å². The van der Waals surface area contributed by atoms with Crippen LogP contribution in [-0.4, -0.2) is 175 Å². The number of phosphoric ester groups is 1. The second-order valence-electron chi connectivity index (χ2n) is 23.5. The van der Waals surface area contributed by atoms with E-state index in [-0.39, 0.29) is 108 Å². The van der Waals surface area contributed by atoms with Gasteiger partial charge in [0.2, 0.25) is 0 Å². The zero-order chi connectivity index (χ0) is 63.8. The summed E-state index contributed by atoms with van der Waals surface area (Å²) in [5.41, 5.74) is 2.71. The van der Waals surface area contributed by atoms with Gasteiger partial charge in [-0.25, -0.2) is 23.8 Å². The lowest BCUT2D eigenvalue weighted by Crippen LogP contribution is -2.34. The van der Waals surface area contributed by atoms with E-state index >= 15 is 0 Å². The Bertz CT molecular complexity index is 2490. The van der Waals surface area contributed by atoms with Crippen molar-refractivity contribution in [2.45, 2.75) is 155 Å². The highest BCUT2D eigenvalue weighted by Gasteiger charge is 2.35. The standard InChI is InChI=1S/C22H36N3O9PS2.C20H40NO4PS2.C11H16N4O4.CH4/c1-21(2,3)18(26)36-11-9-31-35(29,32-10-12-37-19(27)22(4,5)6)33-14-17-30-13-16(34-17)25-8-7-15(23)24-20(25)28;1-15(2)21(16(3)4)26(24-11-13-27-17(22)19(5,6)7)25-12-14-28-18(23)20(8,9)10;1-14(2)7-12-8-3-4-15(11(17)13-8)9-6-18-10(5-16)19-9;/h7-8,16-17H,9-14H2,1-6H3,(H2,23,24,28);15-16H,11-14H2,1-10H3;3-4,7,9-10,16H,5-6H2,1-2H3;1H4/t16-,17-;;9-,10-;/m0.0./s1. The van der Waals surface area contributed by atoms with E-state index in [2.05, 4.69) is 47.3 Å². The minimum absolute atomic E-state index is 0. The molecule has 4 heterocycles. The van der Waals surface area contributed by atoms with Gasteiger partial charge in [-0.1, -0.05) is 138 Å². The SMILES string of the molecule is C.CC(C)(C)C(=O)SCCOP(=O)(OCCSC(=O)C(C)(C)C)OC[C@H]1OC[C@@H](n2ccc(N)nc2=O)O1.CC(C)N(C(C)C)P(OCCSC(=O)C(C)(C)C)OCCSC(=O)C(C)(C)C.CN(C)C=Nc1ccn([C@@H]2CO[C@H](CO)O2)c(=O)n1. The smallest absolute Gasteiger partial charge is 0.391 e. The molecule has 3 N–H and O–H groups in total. The number of thioether (sulfide) groups is 4. The molecule has 2 aromatic heterocycles. The van der Waals surface area contributed by atoms with Gasteiger partial charge in [-0.15, -0.1) is 0 Å². The van der Waals surface area contributed by atoms with E-state index in [4.69, 9.17) is 52.4 Å². The molecule has 0 aliphatic carbocycles. The first-order valence-corrected chi connectivity index (χ1v) is 33.8. The van der Waals surface area contributed by atoms with E-state index in [1.54, 1.807) is 65.0 Å². The summed E-state index contributed by atoms with van der Waals surface area (Å²) in [6.45, 7) is 31.3. The van der Waals surface area contributed by atoms with Gasteiger partial charge in [-0.3, -0.25) is 41.9 Å². The molecule has 85 heavy (non-hydrogen) atoms. The number of aromatic nitrogens is 4.